The molecule has 1 fully saturated rings. The van der Waals surface area contributed by atoms with Crippen molar-refractivity contribution in [2.45, 2.75) is 52.6 Å². The maximum Gasteiger partial charge on any atom is 0.266 e. The molecule has 2 atom stereocenters. The first-order valence-corrected chi connectivity index (χ1v) is 8.02. The summed E-state index contributed by atoms with van der Waals surface area (Å²) in [4.78, 5) is 28.9. The highest BCUT2D eigenvalue weighted by molar-refractivity contribution is 5.77. The summed E-state index contributed by atoms with van der Waals surface area (Å²) in [6.07, 6.45) is 0.919. The average Bonchev–Trinajstić information content (AvgIpc) is 2.49. The highest BCUT2D eigenvalue weighted by Crippen LogP contribution is 2.17. The molecule has 1 aromatic rings. The van der Waals surface area contributed by atoms with Crippen LogP contribution in [-0.2, 0) is 11.2 Å². The lowest BCUT2D eigenvalue weighted by Gasteiger charge is -2.38. The van der Waals surface area contributed by atoms with Gasteiger partial charge in [-0.25, -0.2) is 0 Å². The standard InChI is InChI=1S/C17H24N4O2/c1-10-14(12(3)20-17(23)15(10)9-18)5-6-16(22)21-8-7-19-11(2)13(21)4/h11,13,19H,5-8H2,1-4H3,(H,20,23). The first-order valence-electron chi connectivity index (χ1n) is 8.02. The lowest BCUT2D eigenvalue weighted by atomic mass is 9.98. The second-order valence-corrected chi connectivity index (χ2v) is 6.24. The Bertz CT molecular complexity index is 702. The van der Waals surface area contributed by atoms with Crippen LogP contribution in [0.4, 0.5) is 0 Å². The number of pyridine rings is 1. The maximum atomic E-state index is 12.5. The van der Waals surface area contributed by atoms with E-state index in [0.717, 1.165) is 24.3 Å². The molecule has 1 amide bonds. The van der Waals surface area contributed by atoms with Gasteiger partial charge in [-0.05, 0) is 45.2 Å². The molecule has 0 saturated carbocycles. The number of hydrogen-bond donors (Lipinski definition) is 2. The summed E-state index contributed by atoms with van der Waals surface area (Å²) in [7, 11) is 0. The number of hydrogen-bond acceptors (Lipinski definition) is 4. The Morgan fingerprint density at radius 3 is 2.74 bits per heavy atom. The number of nitrogens with one attached hydrogen (secondary N) is 2. The predicted octanol–water partition coefficient (Wildman–Crippen LogP) is 1.00. The fourth-order valence-corrected chi connectivity index (χ4v) is 3.20. The molecule has 1 saturated heterocycles. The van der Waals surface area contributed by atoms with Gasteiger partial charge in [-0.3, -0.25) is 9.59 Å². The van der Waals surface area contributed by atoms with Crippen LogP contribution in [0.25, 0.3) is 0 Å². The van der Waals surface area contributed by atoms with E-state index in [2.05, 4.69) is 24.1 Å². The van der Waals surface area contributed by atoms with E-state index in [9.17, 15) is 9.59 Å². The molecule has 2 heterocycles. The third-order valence-corrected chi connectivity index (χ3v) is 4.86. The summed E-state index contributed by atoms with van der Waals surface area (Å²) in [5, 5.41) is 12.5. The smallest absolute Gasteiger partial charge is 0.266 e. The minimum Gasteiger partial charge on any atom is -0.337 e. The zero-order chi connectivity index (χ0) is 17.1. The number of nitriles is 1. The second-order valence-electron chi connectivity index (χ2n) is 6.24. The van der Waals surface area contributed by atoms with Crippen molar-refractivity contribution in [1.29, 1.82) is 5.26 Å². The number of aryl methyl sites for hydroxylation is 1. The van der Waals surface area contributed by atoms with Gasteiger partial charge < -0.3 is 15.2 Å². The zero-order valence-electron chi connectivity index (χ0n) is 14.2. The van der Waals surface area contributed by atoms with Gasteiger partial charge in [0.25, 0.3) is 5.56 Å². The summed E-state index contributed by atoms with van der Waals surface area (Å²) in [6, 6.07) is 2.40. The van der Waals surface area contributed by atoms with Crippen molar-refractivity contribution in [1.82, 2.24) is 15.2 Å². The van der Waals surface area contributed by atoms with Crippen LogP contribution in [0.15, 0.2) is 4.79 Å². The molecule has 6 nitrogen and oxygen atoms in total. The predicted molar refractivity (Wildman–Crippen MR) is 88.2 cm³/mol. The SMILES string of the molecule is Cc1[nH]c(=O)c(C#N)c(C)c1CCC(=O)N1CCNC(C)C1C. The third kappa shape index (κ3) is 3.45. The van der Waals surface area contributed by atoms with Gasteiger partial charge in [0, 0.05) is 37.3 Å². The van der Waals surface area contributed by atoms with Crippen molar-refractivity contribution in [3.8, 4) is 6.07 Å². The van der Waals surface area contributed by atoms with Crippen LogP contribution in [0.2, 0.25) is 0 Å². The molecule has 2 N–H and O–H groups in total. The van der Waals surface area contributed by atoms with Gasteiger partial charge in [-0.15, -0.1) is 0 Å². The quantitative estimate of drug-likeness (QED) is 0.871. The van der Waals surface area contributed by atoms with Crippen LogP contribution in [-0.4, -0.2) is 41.0 Å². The molecule has 23 heavy (non-hydrogen) atoms. The highest BCUT2D eigenvalue weighted by atomic mass is 16.2. The van der Waals surface area contributed by atoms with E-state index in [1.54, 1.807) is 6.92 Å². The Kier molecular flexibility index (Phi) is 5.22. The maximum absolute atomic E-state index is 12.5. The number of carbonyl (C=O) groups excluding carboxylic acids is 1. The minimum atomic E-state index is -0.359. The van der Waals surface area contributed by atoms with Gasteiger partial charge in [-0.1, -0.05) is 0 Å². The summed E-state index contributed by atoms with van der Waals surface area (Å²) >= 11 is 0. The second kappa shape index (κ2) is 6.97. The minimum absolute atomic E-state index is 0.120. The molecular formula is C17H24N4O2. The van der Waals surface area contributed by atoms with E-state index in [-0.39, 0.29) is 29.1 Å². The van der Waals surface area contributed by atoms with Crippen molar-refractivity contribution in [2.24, 2.45) is 0 Å². The number of rotatable bonds is 3. The Labute approximate surface area is 136 Å². The largest absolute Gasteiger partial charge is 0.337 e. The van der Waals surface area contributed by atoms with Crippen LogP contribution in [0.1, 0.15) is 42.7 Å². The number of amides is 1. The number of piperazine rings is 1. The van der Waals surface area contributed by atoms with E-state index in [1.807, 2.05) is 17.9 Å². The molecule has 6 heteroatoms. The van der Waals surface area contributed by atoms with Crippen molar-refractivity contribution in [2.75, 3.05) is 13.1 Å². The normalized spacial score (nSPS) is 21.1. The Hall–Kier alpha value is -2.13. The zero-order valence-corrected chi connectivity index (χ0v) is 14.2. The first-order chi connectivity index (χ1) is 10.9. The van der Waals surface area contributed by atoms with Crippen molar-refractivity contribution in [3.63, 3.8) is 0 Å². The summed E-state index contributed by atoms with van der Waals surface area (Å²) < 4.78 is 0. The molecule has 1 aromatic heterocycles. The summed E-state index contributed by atoms with van der Waals surface area (Å²) in [5.41, 5.74) is 2.10. The van der Waals surface area contributed by atoms with Crippen LogP contribution in [0, 0.1) is 25.2 Å². The van der Waals surface area contributed by atoms with Gasteiger partial charge in [0.05, 0.1) is 0 Å². The fraction of sp³-hybridized carbons (Fsp3) is 0.588. The lowest BCUT2D eigenvalue weighted by molar-refractivity contribution is -0.134. The molecule has 0 bridgehead atoms. The summed E-state index contributed by atoms with van der Waals surface area (Å²) in [5.74, 6) is 0.120. The van der Waals surface area contributed by atoms with Crippen molar-refractivity contribution >= 4 is 5.91 Å². The molecule has 2 unspecified atom stereocenters. The van der Waals surface area contributed by atoms with E-state index in [0.29, 0.717) is 18.4 Å². The van der Waals surface area contributed by atoms with Gasteiger partial charge in [0.15, 0.2) is 0 Å². The molecule has 1 aliphatic rings. The molecule has 124 valence electrons. The molecular weight excluding hydrogens is 292 g/mol. The summed E-state index contributed by atoms with van der Waals surface area (Å²) in [6.45, 7) is 9.25. The van der Waals surface area contributed by atoms with Gasteiger partial charge in [-0.2, -0.15) is 5.26 Å². The molecule has 0 aromatic carbocycles. The monoisotopic (exact) mass is 316 g/mol. The topological polar surface area (TPSA) is 89.0 Å². The molecule has 1 aliphatic heterocycles. The van der Waals surface area contributed by atoms with E-state index in [4.69, 9.17) is 5.26 Å². The fourth-order valence-electron chi connectivity index (χ4n) is 3.20. The highest BCUT2D eigenvalue weighted by Gasteiger charge is 2.27. The van der Waals surface area contributed by atoms with Crippen molar-refractivity contribution in [3.05, 3.63) is 32.7 Å². The van der Waals surface area contributed by atoms with Gasteiger partial charge >= 0.3 is 0 Å². The number of aromatic nitrogens is 1. The van der Waals surface area contributed by atoms with E-state index >= 15 is 0 Å². The number of nitrogens with zero attached hydrogens (tertiary/aromatic N) is 2. The first kappa shape index (κ1) is 17.2. The molecule has 0 spiro atoms. The Balaban J connectivity index is 2.14. The van der Waals surface area contributed by atoms with Gasteiger partial charge in [0.2, 0.25) is 5.91 Å². The molecule has 0 aliphatic carbocycles. The van der Waals surface area contributed by atoms with Crippen LogP contribution in [0.5, 0.6) is 0 Å². The van der Waals surface area contributed by atoms with Crippen LogP contribution in [0.3, 0.4) is 0 Å². The Morgan fingerprint density at radius 1 is 1.39 bits per heavy atom. The number of H-pyrrole nitrogens is 1. The third-order valence-electron chi connectivity index (χ3n) is 4.86. The van der Waals surface area contributed by atoms with Crippen molar-refractivity contribution < 1.29 is 4.79 Å². The van der Waals surface area contributed by atoms with Crippen LogP contribution >= 0.6 is 0 Å². The molecule has 2 rings (SSSR count). The number of carbonyl (C=O) groups is 1. The lowest BCUT2D eigenvalue weighted by Crippen LogP contribution is -2.57. The van der Waals surface area contributed by atoms with E-state index < -0.39 is 0 Å². The number of aromatic amines is 1. The van der Waals surface area contributed by atoms with E-state index in [1.165, 1.54) is 0 Å². The molecule has 0 radical (unpaired) electrons. The average molecular weight is 316 g/mol. The Morgan fingerprint density at radius 2 is 2.09 bits per heavy atom. The van der Waals surface area contributed by atoms with Gasteiger partial charge in [0.1, 0.15) is 11.6 Å². The van der Waals surface area contributed by atoms with Crippen LogP contribution < -0.4 is 10.9 Å².